The largest absolute Gasteiger partial charge is 0.428 e. The second-order valence-electron chi connectivity index (χ2n) is 1.80. The highest BCUT2D eigenvalue weighted by atomic mass is 35.5. The van der Waals surface area contributed by atoms with Crippen molar-refractivity contribution in [2.45, 2.75) is 11.9 Å². The molecule has 0 saturated carbocycles. The second-order valence-corrected chi connectivity index (χ2v) is 2.71. The molecule has 0 rings (SSSR count). The molecular weight excluding hydrogens is 142 g/mol. The molecule has 0 aliphatic carbocycles. The Kier molecular flexibility index (Phi) is 8.32. The number of hydrogen-bond donors (Lipinski definition) is 3. The van der Waals surface area contributed by atoms with E-state index in [-0.39, 0.29) is 13.2 Å². The van der Waals surface area contributed by atoms with Crippen molar-refractivity contribution in [3.05, 3.63) is 6.92 Å². The molecule has 0 heterocycles. The standard InChI is InChI=1S/C3H8ClNO.C2H5O/c1-3(4,5)2-6;1-2-3/h6H,2,5H2,1H3;3H,1-2H2/q;-1/p+1. The lowest BCUT2D eigenvalue weighted by Gasteiger charge is -2.04. The van der Waals surface area contributed by atoms with Crippen molar-refractivity contribution in [1.82, 2.24) is 0 Å². The third-order valence-corrected chi connectivity index (χ3v) is 0.449. The first-order valence-electron chi connectivity index (χ1n) is 2.53. The highest BCUT2D eigenvalue weighted by Gasteiger charge is 2.14. The molecule has 5 N–H and O–H groups in total. The Morgan fingerprint density at radius 2 is 1.78 bits per heavy atom. The van der Waals surface area contributed by atoms with E-state index >= 15 is 0 Å². The van der Waals surface area contributed by atoms with E-state index in [1.54, 1.807) is 6.92 Å². The van der Waals surface area contributed by atoms with E-state index in [0.717, 1.165) is 0 Å². The Bertz CT molecular complexity index is 53.4. The molecule has 0 radical (unpaired) electrons. The van der Waals surface area contributed by atoms with Gasteiger partial charge in [-0.2, -0.15) is 0 Å². The molecule has 0 aromatic heterocycles. The molecule has 1 atom stereocenters. The molecule has 0 aromatic rings. The molecule has 0 saturated heterocycles. The van der Waals surface area contributed by atoms with Gasteiger partial charge in [0, 0.05) is 6.92 Å². The minimum absolute atomic E-state index is 0. The topological polar surface area (TPSA) is 68.1 Å². The van der Waals surface area contributed by atoms with Crippen LogP contribution in [0, 0.1) is 6.92 Å². The SMILES string of the molecule is CC([NH3+])(Cl)CO.[CH2-]CO. The molecule has 0 amide bonds. The summed E-state index contributed by atoms with van der Waals surface area (Å²) >= 11 is 5.36. The molecule has 0 aromatic carbocycles. The van der Waals surface area contributed by atoms with Gasteiger partial charge in [-0.3, -0.25) is 0 Å². The summed E-state index contributed by atoms with van der Waals surface area (Å²) in [6, 6.07) is 0. The Labute approximate surface area is 60.4 Å². The van der Waals surface area contributed by atoms with Gasteiger partial charge in [0.2, 0.25) is 0 Å². The monoisotopic (exact) mass is 155 g/mol. The number of alkyl halides is 1. The molecular formula is C5H14ClNO2. The van der Waals surface area contributed by atoms with Gasteiger partial charge < -0.3 is 22.9 Å². The Morgan fingerprint density at radius 3 is 1.78 bits per heavy atom. The number of rotatable bonds is 1. The maximum absolute atomic E-state index is 8.21. The zero-order chi connectivity index (χ0) is 7.91. The lowest BCUT2D eigenvalue weighted by molar-refractivity contribution is -0.442. The van der Waals surface area contributed by atoms with E-state index in [4.69, 9.17) is 21.8 Å². The van der Waals surface area contributed by atoms with Gasteiger partial charge in [0.05, 0.1) is 0 Å². The fourth-order valence-electron chi connectivity index (χ4n) is 0. The Hall–Kier alpha value is 0.170. The summed E-state index contributed by atoms with van der Waals surface area (Å²) in [4.78, 5) is -0.681. The minimum Gasteiger partial charge on any atom is -0.428 e. The number of halogens is 1. The van der Waals surface area contributed by atoms with Crippen molar-refractivity contribution in [3.8, 4) is 0 Å². The first-order valence-corrected chi connectivity index (χ1v) is 2.91. The predicted molar refractivity (Wildman–Crippen MR) is 36.7 cm³/mol. The average Bonchev–Trinajstić information content (AvgIpc) is 1.67. The van der Waals surface area contributed by atoms with E-state index in [0.29, 0.717) is 0 Å². The van der Waals surface area contributed by atoms with Crippen LogP contribution >= 0.6 is 11.6 Å². The maximum atomic E-state index is 8.21. The molecule has 0 aliphatic rings. The molecule has 1 unspecified atom stereocenters. The van der Waals surface area contributed by atoms with Crippen LogP contribution in [0.3, 0.4) is 0 Å². The van der Waals surface area contributed by atoms with Crippen molar-refractivity contribution in [2.75, 3.05) is 13.2 Å². The highest BCUT2D eigenvalue weighted by molar-refractivity contribution is 6.22. The van der Waals surface area contributed by atoms with Crippen LogP contribution in [0.25, 0.3) is 0 Å². The van der Waals surface area contributed by atoms with Crippen molar-refractivity contribution in [1.29, 1.82) is 0 Å². The van der Waals surface area contributed by atoms with Gasteiger partial charge in [0.15, 0.2) is 5.00 Å². The zero-order valence-electron chi connectivity index (χ0n) is 5.60. The van der Waals surface area contributed by atoms with Gasteiger partial charge >= 0.3 is 0 Å². The number of aliphatic hydroxyl groups excluding tert-OH is 2. The highest BCUT2D eigenvalue weighted by Crippen LogP contribution is 1.97. The zero-order valence-corrected chi connectivity index (χ0v) is 6.36. The quantitative estimate of drug-likeness (QED) is 0.258. The van der Waals surface area contributed by atoms with Gasteiger partial charge in [0.1, 0.15) is 6.61 Å². The van der Waals surface area contributed by atoms with Crippen LogP contribution in [0.2, 0.25) is 0 Å². The molecule has 0 fully saturated rings. The Morgan fingerprint density at radius 1 is 1.67 bits per heavy atom. The summed E-state index contributed by atoms with van der Waals surface area (Å²) in [5, 5.41) is 15.7. The lowest BCUT2D eigenvalue weighted by Crippen LogP contribution is -2.69. The summed E-state index contributed by atoms with van der Waals surface area (Å²) in [5.74, 6) is 0. The van der Waals surface area contributed by atoms with E-state index in [2.05, 4.69) is 12.7 Å². The number of aliphatic hydroxyl groups is 2. The predicted octanol–water partition coefficient (Wildman–Crippen LogP) is -1.01. The van der Waals surface area contributed by atoms with Crippen LogP contribution in [0.15, 0.2) is 0 Å². The van der Waals surface area contributed by atoms with Gasteiger partial charge in [-0.15, -0.1) is 0 Å². The summed E-state index contributed by atoms with van der Waals surface area (Å²) in [7, 11) is 0. The first-order chi connectivity index (χ1) is 3.97. The van der Waals surface area contributed by atoms with E-state index in [1.807, 2.05) is 0 Å². The van der Waals surface area contributed by atoms with Gasteiger partial charge in [-0.25, -0.2) is 0 Å². The molecule has 58 valence electrons. The third kappa shape index (κ3) is 31.0. The summed E-state index contributed by atoms with van der Waals surface area (Å²) in [5.41, 5.74) is 3.40. The van der Waals surface area contributed by atoms with Gasteiger partial charge in [-0.1, -0.05) is 18.2 Å². The van der Waals surface area contributed by atoms with Crippen molar-refractivity contribution in [2.24, 2.45) is 0 Å². The van der Waals surface area contributed by atoms with Crippen molar-refractivity contribution < 1.29 is 15.9 Å². The number of quaternary nitrogens is 1. The molecule has 0 spiro atoms. The number of hydrogen-bond acceptors (Lipinski definition) is 2. The Balaban J connectivity index is 0. The molecule has 9 heavy (non-hydrogen) atoms. The van der Waals surface area contributed by atoms with Crippen LogP contribution in [-0.2, 0) is 0 Å². The van der Waals surface area contributed by atoms with Crippen LogP contribution in [0.5, 0.6) is 0 Å². The van der Waals surface area contributed by atoms with Crippen molar-refractivity contribution in [3.63, 3.8) is 0 Å². The first kappa shape index (κ1) is 11.9. The molecule has 3 nitrogen and oxygen atoms in total. The molecule has 0 bridgehead atoms. The van der Waals surface area contributed by atoms with Crippen LogP contribution < -0.4 is 5.73 Å². The minimum atomic E-state index is -0.681. The maximum Gasteiger partial charge on any atom is 0.190 e. The smallest absolute Gasteiger partial charge is 0.190 e. The average molecular weight is 156 g/mol. The lowest BCUT2D eigenvalue weighted by atomic mass is 10.4. The van der Waals surface area contributed by atoms with Crippen molar-refractivity contribution >= 4 is 11.6 Å². The van der Waals surface area contributed by atoms with Crippen LogP contribution in [0.4, 0.5) is 0 Å². The second kappa shape index (κ2) is 6.29. The third-order valence-electron chi connectivity index (χ3n) is 0.330. The van der Waals surface area contributed by atoms with Gasteiger partial charge in [0.25, 0.3) is 0 Å². The normalized spacial score (nSPS) is 15.3. The van der Waals surface area contributed by atoms with Crippen LogP contribution in [-0.4, -0.2) is 28.4 Å². The van der Waals surface area contributed by atoms with E-state index in [1.165, 1.54) is 0 Å². The van der Waals surface area contributed by atoms with Gasteiger partial charge in [-0.05, 0) is 0 Å². The summed E-state index contributed by atoms with van der Waals surface area (Å²) in [6.07, 6.45) is 0. The fraction of sp³-hybridized carbons (Fsp3) is 0.800. The van der Waals surface area contributed by atoms with E-state index < -0.39 is 5.00 Å². The fourth-order valence-corrected chi connectivity index (χ4v) is 0. The molecule has 4 heteroatoms. The van der Waals surface area contributed by atoms with E-state index in [9.17, 15) is 0 Å². The molecule has 0 aliphatic heterocycles. The summed E-state index contributed by atoms with van der Waals surface area (Å²) in [6.45, 7) is 4.61. The van der Waals surface area contributed by atoms with Crippen LogP contribution in [0.1, 0.15) is 6.92 Å². The summed E-state index contributed by atoms with van der Waals surface area (Å²) < 4.78 is 0.